The zero-order valence-corrected chi connectivity index (χ0v) is 17.1. The van der Waals surface area contributed by atoms with Gasteiger partial charge in [0, 0.05) is 30.2 Å². The van der Waals surface area contributed by atoms with Gasteiger partial charge in [0.2, 0.25) is 6.79 Å². The molecule has 8 heteroatoms. The van der Waals surface area contributed by atoms with Crippen molar-refractivity contribution < 1.29 is 14.3 Å². The molecule has 0 unspecified atom stereocenters. The first kappa shape index (κ1) is 18.7. The van der Waals surface area contributed by atoms with Crippen molar-refractivity contribution in [2.24, 2.45) is 5.41 Å². The van der Waals surface area contributed by atoms with Crippen molar-refractivity contribution in [3.63, 3.8) is 0 Å². The van der Waals surface area contributed by atoms with E-state index in [4.69, 9.17) is 9.47 Å². The van der Waals surface area contributed by atoms with Crippen molar-refractivity contribution >= 4 is 11.6 Å². The summed E-state index contributed by atoms with van der Waals surface area (Å²) in [5.41, 5.74) is 1.34. The second-order valence-corrected chi connectivity index (χ2v) is 8.77. The first-order valence-corrected chi connectivity index (χ1v) is 10.1. The molecule has 5 rings (SSSR count). The van der Waals surface area contributed by atoms with E-state index in [9.17, 15) is 14.4 Å². The second-order valence-electron chi connectivity index (χ2n) is 8.77. The van der Waals surface area contributed by atoms with E-state index in [0.717, 1.165) is 11.3 Å². The van der Waals surface area contributed by atoms with E-state index in [2.05, 4.69) is 10.3 Å². The van der Waals surface area contributed by atoms with Gasteiger partial charge in [0.1, 0.15) is 5.82 Å². The third-order valence-corrected chi connectivity index (χ3v) is 6.05. The molecule has 1 aromatic heterocycles. The molecule has 156 valence electrons. The Kier molecular flexibility index (Phi) is 3.96. The number of carbonyl (C=O) groups excluding carboxylic acids is 1. The highest BCUT2D eigenvalue weighted by molar-refractivity contribution is 6.01. The molecular weight excluding hydrogens is 386 g/mol. The number of hydrogen-bond donors (Lipinski definition) is 2. The topological polar surface area (TPSA) is 102 Å². The summed E-state index contributed by atoms with van der Waals surface area (Å²) in [5.74, 6) is 1.09. The van der Waals surface area contributed by atoms with E-state index in [0.29, 0.717) is 47.8 Å². The van der Waals surface area contributed by atoms with Crippen molar-refractivity contribution in [3.05, 3.63) is 61.4 Å². The monoisotopic (exact) mass is 409 g/mol. The minimum atomic E-state index is -0.587. The van der Waals surface area contributed by atoms with Crippen LogP contribution in [0, 0.1) is 5.41 Å². The number of H-pyrrole nitrogens is 1. The first-order valence-electron chi connectivity index (χ1n) is 10.1. The molecule has 0 saturated carbocycles. The molecule has 2 N–H and O–H groups in total. The van der Waals surface area contributed by atoms with E-state index >= 15 is 0 Å². The number of aromatic amines is 1. The van der Waals surface area contributed by atoms with Gasteiger partial charge in [0.15, 0.2) is 17.3 Å². The summed E-state index contributed by atoms with van der Waals surface area (Å²) >= 11 is 0. The van der Waals surface area contributed by atoms with Crippen molar-refractivity contribution in [1.82, 2.24) is 9.55 Å². The van der Waals surface area contributed by atoms with Crippen LogP contribution in [0.5, 0.6) is 11.5 Å². The summed E-state index contributed by atoms with van der Waals surface area (Å²) in [6, 6.07) is 5.47. The number of ether oxygens (including phenoxy) is 2. The molecule has 0 spiro atoms. The molecule has 1 atom stereocenters. The van der Waals surface area contributed by atoms with Crippen LogP contribution >= 0.6 is 0 Å². The Morgan fingerprint density at radius 1 is 1.13 bits per heavy atom. The van der Waals surface area contributed by atoms with Crippen molar-refractivity contribution in [2.45, 2.75) is 46.1 Å². The molecule has 2 aliphatic heterocycles. The summed E-state index contributed by atoms with van der Waals surface area (Å²) in [5, 5.41) is 3.28. The molecule has 0 bridgehead atoms. The number of ketones is 1. The van der Waals surface area contributed by atoms with E-state index in [1.54, 1.807) is 6.07 Å². The molecular formula is C22H23N3O5. The number of rotatable bonds is 2. The predicted molar refractivity (Wildman–Crippen MR) is 110 cm³/mol. The van der Waals surface area contributed by atoms with E-state index in [1.165, 1.54) is 4.57 Å². The molecule has 0 amide bonds. The number of nitrogens with zero attached hydrogens (tertiary/aromatic N) is 1. The van der Waals surface area contributed by atoms with Crippen LogP contribution in [0.1, 0.15) is 50.7 Å². The van der Waals surface area contributed by atoms with Crippen LogP contribution in [0.4, 0.5) is 5.82 Å². The predicted octanol–water partition coefficient (Wildman–Crippen LogP) is 2.49. The maximum Gasteiger partial charge on any atom is 0.329 e. The smallest absolute Gasteiger partial charge is 0.329 e. The number of Topliss-reactive ketones (excluding diaryl/α,β-unsaturated/α-hetero) is 1. The number of aromatic nitrogens is 2. The van der Waals surface area contributed by atoms with Gasteiger partial charge < -0.3 is 14.8 Å². The van der Waals surface area contributed by atoms with Gasteiger partial charge in [-0.1, -0.05) is 19.9 Å². The van der Waals surface area contributed by atoms with Gasteiger partial charge in [0.25, 0.3) is 5.56 Å². The Hall–Kier alpha value is -3.29. The Bertz CT molecular complexity index is 1230. The minimum absolute atomic E-state index is 0.00992. The van der Waals surface area contributed by atoms with Gasteiger partial charge in [-0.15, -0.1) is 0 Å². The zero-order valence-electron chi connectivity index (χ0n) is 17.1. The number of hydrogen-bond acceptors (Lipinski definition) is 6. The molecule has 30 heavy (non-hydrogen) atoms. The number of benzene rings is 1. The van der Waals surface area contributed by atoms with Crippen LogP contribution in [0.25, 0.3) is 0 Å². The summed E-state index contributed by atoms with van der Waals surface area (Å²) in [6.45, 7) is 6.47. The van der Waals surface area contributed by atoms with E-state index < -0.39 is 17.2 Å². The van der Waals surface area contributed by atoms with Gasteiger partial charge in [-0.25, -0.2) is 4.79 Å². The molecule has 1 aromatic carbocycles. The van der Waals surface area contributed by atoms with Gasteiger partial charge in [-0.05, 0) is 36.5 Å². The molecule has 0 saturated heterocycles. The maximum absolute atomic E-state index is 13.3. The molecule has 3 aliphatic rings. The van der Waals surface area contributed by atoms with Crippen LogP contribution in [0.3, 0.4) is 0 Å². The van der Waals surface area contributed by atoms with Gasteiger partial charge in [-0.3, -0.25) is 19.1 Å². The highest BCUT2D eigenvalue weighted by atomic mass is 16.7. The van der Waals surface area contributed by atoms with Crippen molar-refractivity contribution in [3.8, 4) is 11.5 Å². The lowest BCUT2D eigenvalue weighted by Gasteiger charge is -2.39. The molecule has 0 fully saturated rings. The van der Waals surface area contributed by atoms with E-state index in [-0.39, 0.29) is 18.0 Å². The summed E-state index contributed by atoms with van der Waals surface area (Å²) < 4.78 is 12.4. The number of allylic oxidation sites excluding steroid dienone is 2. The lowest BCUT2D eigenvalue weighted by atomic mass is 9.69. The number of nitrogens with one attached hydrogen (secondary N) is 2. The van der Waals surface area contributed by atoms with Crippen molar-refractivity contribution in [1.29, 1.82) is 0 Å². The fourth-order valence-electron chi connectivity index (χ4n) is 4.79. The molecule has 2 aromatic rings. The lowest BCUT2D eigenvalue weighted by molar-refractivity contribution is -0.118. The van der Waals surface area contributed by atoms with Crippen molar-refractivity contribution in [2.75, 3.05) is 12.1 Å². The average molecular weight is 409 g/mol. The van der Waals surface area contributed by atoms with Crippen LogP contribution < -0.4 is 26.0 Å². The highest BCUT2D eigenvalue weighted by Crippen LogP contribution is 2.48. The third-order valence-electron chi connectivity index (χ3n) is 6.05. The maximum atomic E-state index is 13.3. The quantitative estimate of drug-likeness (QED) is 0.790. The Labute approximate surface area is 172 Å². The fraction of sp³-hybridized carbons (Fsp3) is 0.409. The molecule has 3 heterocycles. The molecule has 1 aliphatic carbocycles. The summed E-state index contributed by atoms with van der Waals surface area (Å²) in [7, 11) is 0. The standard InChI is InChI=1S/C22H23N3O5/c1-4-25-19-18(20(27)24-21(25)28)16(11-5-6-14-15(7-11)30-10-29-14)17-12(23-19)8-22(2,3)9-13(17)26/h5-7,16,23H,4,8-10H2,1-3H3,(H,24,27,28)/t16-/m0/s1. The number of fused-ring (bicyclic) bond motifs is 2. The summed E-state index contributed by atoms with van der Waals surface area (Å²) in [4.78, 5) is 41.1. The zero-order chi connectivity index (χ0) is 21.2. The van der Waals surface area contributed by atoms with Crippen LogP contribution in [-0.4, -0.2) is 22.1 Å². The fourth-order valence-corrected chi connectivity index (χ4v) is 4.79. The van der Waals surface area contributed by atoms with Crippen LogP contribution in [0.2, 0.25) is 0 Å². The van der Waals surface area contributed by atoms with Crippen LogP contribution in [0.15, 0.2) is 39.1 Å². The van der Waals surface area contributed by atoms with Gasteiger partial charge in [0.05, 0.1) is 5.56 Å². The number of carbonyl (C=O) groups is 1. The SMILES string of the molecule is CCn1c2c(c(=O)[nH]c1=O)[C@@H](c1ccc3c(c1)OCO3)C1=C(CC(C)(C)CC1=O)N2. The highest BCUT2D eigenvalue weighted by Gasteiger charge is 2.43. The number of anilines is 1. The van der Waals surface area contributed by atoms with E-state index in [1.807, 2.05) is 32.9 Å². The Morgan fingerprint density at radius 2 is 1.90 bits per heavy atom. The largest absolute Gasteiger partial charge is 0.454 e. The normalized spacial score (nSPS) is 21.2. The molecule has 0 radical (unpaired) electrons. The Morgan fingerprint density at radius 3 is 2.67 bits per heavy atom. The third kappa shape index (κ3) is 2.70. The second kappa shape index (κ2) is 6.35. The average Bonchev–Trinajstić information content (AvgIpc) is 3.13. The Balaban J connectivity index is 1.80. The van der Waals surface area contributed by atoms with Crippen LogP contribution in [-0.2, 0) is 11.3 Å². The summed E-state index contributed by atoms with van der Waals surface area (Å²) in [6.07, 6.45) is 1.05. The van der Waals surface area contributed by atoms with Gasteiger partial charge in [-0.2, -0.15) is 0 Å². The van der Waals surface area contributed by atoms with Gasteiger partial charge >= 0.3 is 5.69 Å². The molecule has 8 nitrogen and oxygen atoms in total. The first-order chi connectivity index (χ1) is 14.3. The minimum Gasteiger partial charge on any atom is -0.454 e. The lowest BCUT2D eigenvalue weighted by Crippen LogP contribution is -2.41.